The van der Waals surface area contributed by atoms with Crippen LogP contribution >= 0.6 is 0 Å². The van der Waals surface area contributed by atoms with Crippen LogP contribution in [0.2, 0.25) is 0 Å². The summed E-state index contributed by atoms with van der Waals surface area (Å²) in [5, 5.41) is 20.9. The first-order chi connectivity index (χ1) is 27.1. The molecule has 8 fully saturated rings. The third-order valence-electron chi connectivity index (χ3n) is 21.1. The third-order valence-corrected chi connectivity index (χ3v) is 21.1. The Morgan fingerprint density at radius 2 is 0.930 bits per heavy atom. The predicted octanol–water partition coefficient (Wildman–Crippen LogP) is 10.9. The number of rotatable bonds is 11. The van der Waals surface area contributed by atoms with Gasteiger partial charge in [0.2, 0.25) is 0 Å². The lowest BCUT2D eigenvalue weighted by Crippen LogP contribution is -2.54. The van der Waals surface area contributed by atoms with Crippen molar-refractivity contribution in [2.45, 2.75) is 201 Å². The molecule has 7 nitrogen and oxygen atoms in total. The molecule has 18 atom stereocenters. The smallest absolute Gasteiger partial charge is 0.364 e. The van der Waals surface area contributed by atoms with Crippen molar-refractivity contribution >= 4 is 11.9 Å². The topological polar surface area (TPSA) is 102 Å². The van der Waals surface area contributed by atoms with Crippen LogP contribution in [0.25, 0.3) is 0 Å². The molecule has 57 heavy (non-hydrogen) atoms. The molecule has 0 aromatic rings. The molecule has 0 aromatic carbocycles. The van der Waals surface area contributed by atoms with Gasteiger partial charge in [0.05, 0.1) is 12.2 Å². The second kappa shape index (κ2) is 16.3. The zero-order valence-corrected chi connectivity index (χ0v) is 37.2. The molecule has 8 aliphatic rings. The van der Waals surface area contributed by atoms with Crippen LogP contribution < -0.4 is 0 Å². The van der Waals surface area contributed by atoms with Crippen molar-refractivity contribution in [3.8, 4) is 0 Å². The van der Waals surface area contributed by atoms with Crippen LogP contribution in [0.15, 0.2) is 0 Å². The summed E-state index contributed by atoms with van der Waals surface area (Å²) < 4.78 is 16.6. The SMILES string of the molecule is COC(OC(=O)CCC(C)C1CCC2C3CCC4CC(O)CCC4(C)C3CCC12C)OC(=O)CCC(C)C1CCC2C3CCC4CC(O)CCC4(C)C3CCC12C. The summed E-state index contributed by atoms with van der Waals surface area (Å²) in [6.45, 7) is 13.7. The second-order valence-corrected chi connectivity index (χ2v) is 23.2. The fourth-order valence-electron chi connectivity index (χ4n) is 18.0. The van der Waals surface area contributed by atoms with Crippen molar-refractivity contribution < 1.29 is 34.0 Å². The quantitative estimate of drug-likeness (QED) is 0.159. The molecule has 0 amide bonds. The van der Waals surface area contributed by atoms with E-state index in [9.17, 15) is 19.8 Å². The maximum Gasteiger partial charge on any atom is 0.364 e. The molecule has 0 heterocycles. The van der Waals surface area contributed by atoms with Crippen LogP contribution in [0.3, 0.4) is 0 Å². The Bertz CT molecular complexity index is 1340. The molecular formula is C50H82O7. The first-order valence-corrected chi connectivity index (χ1v) is 24.4. The number of hydrogen-bond acceptors (Lipinski definition) is 7. The maximum atomic E-state index is 13.2. The van der Waals surface area contributed by atoms with Crippen LogP contribution in [0.4, 0.5) is 0 Å². The van der Waals surface area contributed by atoms with Crippen LogP contribution in [-0.2, 0) is 23.8 Å². The lowest BCUT2D eigenvalue weighted by molar-refractivity contribution is -0.257. The summed E-state index contributed by atoms with van der Waals surface area (Å²) in [6.07, 6.45) is 23.9. The van der Waals surface area contributed by atoms with Crippen LogP contribution in [-0.4, -0.2) is 47.9 Å². The molecule has 2 N–H and O–H groups in total. The number of aliphatic hydroxyl groups excluding tert-OH is 2. The molecule has 0 saturated heterocycles. The fourth-order valence-corrected chi connectivity index (χ4v) is 18.0. The Hall–Kier alpha value is -1.18. The highest BCUT2D eigenvalue weighted by atomic mass is 16.9. The Labute approximate surface area is 346 Å². The van der Waals surface area contributed by atoms with E-state index < -0.39 is 6.48 Å². The minimum Gasteiger partial charge on any atom is -0.400 e. The fraction of sp³-hybridized carbons (Fsp3) is 0.960. The van der Waals surface area contributed by atoms with Crippen molar-refractivity contribution in [3.05, 3.63) is 0 Å². The Morgan fingerprint density at radius 1 is 0.544 bits per heavy atom. The van der Waals surface area contributed by atoms with Crippen molar-refractivity contribution in [2.24, 2.45) is 92.7 Å². The van der Waals surface area contributed by atoms with Gasteiger partial charge in [-0.15, -0.1) is 0 Å². The number of aliphatic hydroxyl groups is 2. The number of methoxy groups -OCH3 is 1. The average molecular weight is 795 g/mol. The molecule has 0 aromatic heterocycles. The number of fused-ring (bicyclic) bond motifs is 10. The molecule has 8 rings (SSSR count). The van der Waals surface area contributed by atoms with Crippen LogP contribution in [0.5, 0.6) is 0 Å². The molecule has 18 unspecified atom stereocenters. The molecule has 8 saturated carbocycles. The zero-order chi connectivity index (χ0) is 40.5. The first-order valence-electron chi connectivity index (χ1n) is 24.4. The average Bonchev–Trinajstić information content (AvgIpc) is 3.73. The first kappa shape index (κ1) is 42.5. The van der Waals surface area contributed by atoms with Gasteiger partial charge in [0.1, 0.15) is 0 Å². The number of carbonyl (C=O) groups is 2. The molecule has 7 heteroatoms. The number of hydrogen-bond donors (Lipinski definition) is 2. The monoisotopic (exact) mass is 795 g/mol. The highest BCUT2D eigenvalue weighted by Crippen LogP contribution is 2.70. The van der Waals surface area contributed by atoms with Crippen LogP contribution in [0.1, 0.15) is 183 Å². The number of carbonyl (C=O) groups excluding carboxylic acids is 2. The van der Waals surface area contributed by atoms with E-state index in [0.29, 0.717) is 70.0 Å². The molecule has 0 bridgehead atoms. The van der Waals surface area contributed by atoms with Gasteiger partial charge in [0.25, 0.3) is 0 Å². The van der Waals surface area contributed by atoms with Crippen LogP contribution in [0, 0.1) is 92.7 Å². The van der Waals surface area contributed by atoms with Gasteiger partial charge in [-0.3, -0.25) is 9.59 Å². The summed E-state index contributed by atoms with van der Waals surface area (Å²) in [5.41, 5.74) is 1.46. The van der Waals surface area contributed by atoms with Gasteiger partial charge in [-0.1, -0.05) is 41.5 Å². The Kier molecular flexibility index (Phi) is 12.1. The molecule has 8 aliphatic carbocycles. The molecule has 0 radical (unpaired) electrons. The van der Waals surface area contributed by atoms with E-state index >= 15 is 0 Å². The normalized spacial score (nSPS) is 49.1. The highest BCUT2D eigenvalue weighted by Gasteiger charge is 2.62. The zero-order valence-electron chi connectivity index (χ0n) is 37.2. The lowest BCUT2D eigenvalue weighted by Gasteiger charge is -2.61. The van der Waals surface area contributed by atoms with Crippen molar-refractivity contribution in [1.82, 2.24) is 0 Å². The van der Waals surface area contributed by atoms with Gasteiger partial charge in [0, 0.05) is 20.0 Å². The van der Waals surface area contributed by atoms with E-state index in [0.717, 1.165) is 74.0 Å². The molecule has 0 aliphatic heterocycles. The Morgan fingerprint density at radius 3 is 1.33 bits per heavy atom. The standard InChI is InChI=1S/C50H82O7/c1-30(38-14-16-40-36-12-10-32-28-34(51)20-24-47(32,3)42(36)22-26-49(38,40)5)8-18-44(53)56-46(55-7)57-45(54)19-9-31(2)39-15-17-41-37-13-11-33-29-35(52)21-25-48(33,4)43(37)23-27-50(39,41)6/h30-43,46,51-52H,8-29H2,1-7H3. The van der Waals surface area contributed by atoms with E-state index in [2.05, 4.69) is 41.5 Å². The minimum absolute atomic E-state index is 0.0932. The largest absolute Gasteiger partial charge is 0.400 e. The van der Waals surface area contributed by atoms with Gasteiger partial charge >= 0.3 is 18.4 Å². The second-order valence-electron chi connectivity index (χ2n) is 23.2. The predicted molar refractivity (Wildman–Crippen MR) is 222 cm³/mol. The third kappa shape index (κ3) is 7.50. The number of ether oxygens (including phenoxy) is 3. The summed E-state index contributed by atoms with van der Waals surface area (Å²) in [5.74, 6) is 7.53. The minimum atomic E-state index is -1.29. The van der Waals surface area contributed by atoms with Crippen molar-refractivity contribution in [2.75, 3.05) is 7.11 Å². The van der Waals surface area contributed by atoms with E-state index in [-0.39, 0.29) is 24.1 Å². The summed E-state index contributed by atoms with van der Waals surface area (Å²) in [7, 11) is 1.44. The van der Waals surface area contributed by atoms with E-state index in [4.69, 9.17) is 14.2 Å². The summed E-state index contributed by atoms with van der Waals surface area (Å²) in [6, 6.07) is 0. The maximum absolute atomic E-state index is 13.2. The van der Waals surface area contributed by atoms with Gasteiger partial charge < -0.3 is 24.4 Å². The van der Waals surface area contributed by atoms with Gasteiger partial charge in [-0.2, -0.15) is 0 Å². The van der Waals surface area contributed by atoms with E-state index in [1.807, 2.05) is 0 Å². The summed E-state index contributed by atoms with van der Waals surface area (Å²) >= 11 is 0. The van der Waals surface area contributed by atoms with Gasteiger partial charge in [-0.05, 0) is 221 Å². The number of esters is 2. The molecule has 324 valence electrons. The van der Waals surface area contributed by atoms with Gasteiger partial charge in [0.15, 0.2) is 0 Å². The van der Waals surface area contributed by atoms with E-state index in [1.165, 1.54) is 97.0 Å². The van der Waals surface area contributed by atoms with Gasteiger partial charge in [-0.25, -0.2) is 0 Å². The highest BCUT2D eigenvalue weighted by molar-refractivity contribution is 5.71. The lowest BCUT2D eigenvalue weighted by atomic mass is 9.44. The van der Waals surface area contributed by atoms with Crippen molar-refractivity contribution in [1.29, 1.82) is 0 Å². The summed E-state index contributed by atoms with van der Waals surface area (Å²) in [4.78, 5) is 26.3. The molecule has 0 spiro atoms. The Balaban J connectivity index is 0.780. The van der Waals surface area contributed by atoms with Crippen molar-refractivity contribution in [3.63, 3.8) is 0 Å². The van der Waals surface area contributed by atoms with E-state index in [1.54, 1.807) is 0 Å². The molecular weight excluding hydrogens is 713 g/mol.